The fraction of sp³-hybridized carbons (Fsp3) is 0.312. The number of aromatic nitrogens is 2. The van der Waals surface area contributed by atoms with E-state index >= 15 is 0 Å². The van der Waals surface area contributed by atoms with Crippen molar-refractivity contribution in [2.75, 3.05) is 0 Å². The van der Waals surface area contributed by atoms with Gasteiger partial charge in [0.2, 0.25) is 0 Å². The highest BCUT2D eigenvalue weighted by atomic mass is 16.3. The molecule has 0 spiro atoms. The summed E-state index contributed by atoms with van der Waals surface area (Å²) >= 11 is 0. The third-order valence-electron chi connectivity index (χ3n) is 3.16. The molecule has 0 bridgehead atoms. The number of aryl methyl sites for hydroxylation is 1. The first-order valence-corrected chi connectivity index (χ1v) is 6.68. The Morgan fingerprint density at radius 1 is 1.20 bits per heavy atom. The molecule has 0 saturated heterocycles. The van der Waals surface area contributed by atoms with E-state index in [9.17, 15) is 5.11 Å². The van der Waals surface area contributed by atoms with Crippen molar-refractivity contribution in [2.45, 2.75) is 32.9 Å². The van der Waals surface area contributed by atoms with Gasteiger partial charge in [-0.15, -0.1) is 0 Å². The lowest BCUT2D eigenvalue weighted by molar-refractivity contribution is 0.0630. The van der Waals surface area contributed by atoms with E-state index in [0.717, 1.165) is 28.4 Å². The van der Waals surface area contributed by atoms with Crippen LogP contribution >= 0.6 is 0 Å². The average Bonchev–Trinajstić information content (AvgIpc) is 2.93. The molecule has 2 aromatic heterocycles. The van der Waals surface area contributed by atoms with Crippen molar-refractivity contribution >= 4 is 11.0 Å². The van der Waals surface area contributed by atoms with E-state index in [-0.39, 0.29) is 0 Å². The Labute approximate surface area is 117 Å². The smallest absolute Gasteiger partial charge is 0.177 e. The lowest BCUT2D eigenvalue weighted by Crippen LogP contribution is -2.26. The minimum Gasteiger partial charge on any atom is -0.458 e. The standard InChI is InChI=1S/C16H18N2O2/c1-11-8-9-14(20-11)15-17-12-6-4-5-7-13(12)18(15)10-16(2,3)19/h4-9,19H,10H2,1-3H3. The highest BCUT2D eigenvalue weighted by Gasteiger charge is 2.21. The number of hydrogen-bond donors (Lipinski definition) is 1. The summed E-state index contributed by atoms with van der Waals surface area (Å²) in [6, 6.07) is 11.7. The number of imidazole rings is 1. The van der Waals surface area contributed by atoms with Gasteiger partial charge in [0.15, 0.2) is 11.6 Å². The number of fused-ring (bicyclic) bond motifs is 1. The number of aliphatic hydroxyl groups is 1. The van der Waals surface area contributed by atoms with Gasteiger partial charge in [0, 0.05) is 0 Å². The Morgan fingerprint density at radius 2 is 1.95 bits per heavy atom. The molecule has 2 heterocycles. The quantitative estimate of drug-likeness (QED) is 0.793. The predicted octanol–water partition coefficient (Wildman–Crippen LogP) is 3.38. The fourth-order valence-electron chi connectivity index (χ4n) is 2.37. The van der Waals surface area contributed by atoms with Crippen LogP contribution < -0.4 is 0 Å². The van der Waals surface area contributed by atoms with Crippen molar-refractivity contribution in [3.05, 3.63) is 42.2 Å². The topological polar surface area (TPSA) is 51.2 Å². The molecule has 20 heavy (non-hydrogen) atoms. The van der Waals surface area contributed by atoms with Crippen LogP contribution in [0.4, 0.5) is 0 Å². The van der Waals surface area contributed by atoms with Crippen LogP contribution in [0.2, 0.25) is 0 Å². The summed E-state index contributed by atoms with van der Waals surface area (Å²) in [5, 5.41) is 10.1. The summed E-state index contributed by atoms with van der Waals surface area (Å²) in [5.41, 5.74) is 1.08. The maximum atomic E-state index is 10.1. The van der Waals surface area contributed by atoms with Crippen LogP contribution in [0.1, 0.15) is 19.6 Å². The van der Waals surface area contributed by atoms with Gasteiger partial charge < -0.3 is 14.1 Å². The van der Waals surface area contributed by atoms with Gasteiger partial charge in [-0.3, -0.25) is 0 Å². The molecular weight excluding hydrogens is 252 g/mol. The molecular formula is C16H18N2O2. The molecule has 0 unspecified atom stereocenters. The molecule has 3 aromatic rings. The predicted molar refractivity (Wildman–Crippen MR) is 78.5 cm³/mol. The highest BCUT2D eigenvalue weighted by molar-refractivity contribution is 5.79. The third-order valence-corrected chi connectivity index (χ3v) is 3.16. The normalized spacial score (nSPS) is 12.2. The van der Waals surface area contributed by atoms with Crippen molar-refractivity contribution in [2.24, 2.45) is 0 Å². The molecule has 104 valence electrons. The first-order chi connectivity index (χ1) is 9.44. The van der Waals surface area contributed by atoms with Crippen molar-refractivity contribution in [1.29, 1.82) is 0 Å². The second-order valence-corrected chi connectivity index (χ2v) is 5.73. The molecule has 0 fully saturated rings. The zero-order valence-electron chi connectivity index (χ0n) is 11.9. The van der Waals surface area contributed by atoms with Crippen LogP contribution in [0, 0.1) is 6.92 Å². The van der Waals surface area contributed by atoms with Gasteiger partial charge in [-0.05, 0) is 45.0 Å². The van der Waals surface area contributed by atoms with E-state index in [0.29, 0.717) is 6.54 Å². The minimum absolute atomic E-state index is 0.461. The van der Waals surface area contributed by atoms with E-state index in [1.54, 1.807) is 13.8 Å². The minimum atomic E-state index is -0.820. The molecule has 0 atom stereocenters. The zero-order valence-corrected chi connectivity index (χ0v) is 11.9. The van der Waals surface area contributed by atoms with Crippen molar-refractivity contribution < 1.29 is 9.52 Å². The second-order valence-electron chi connectivity index (χ2n) is 5.73. The molecule has 1 N–H and O–H groups in total. The van der Waals surface area contributed by atoms with Crippen LogP contribution in [0.25, 0.3) is 22.6 Å². The Bertz CT molecular complexity index is 747. The van der Waals surface area contributed by atoms with E-state index in [2.05, 4.69) is 4.98 Å². The van der Waals surface area contributed by atoms with Crippen LogP contribution in [-0.4, -0.2) is 20.3 Å². The number of nitrogens with zero attached hydrogens (tertiary/aromatic N) is 2. The molecule has 0 saturated carbocycles. The molecule has 4 heteroatoms. The molecule has 1 aromatic carbocycles. The van der Waals surface area contributed by atoms with E-state index < -0.39 is 5.60 Å². The van der Waals surface area contributed by atoms with Gasteiger partial charge in [-0.25, -0.2) is 4.98 Å². The largest absolute Gasteiger partial charge is 0.458 e. The van der Waals surface area contributed by atoms with Crippen molar-refractivity contribution in [3.63, 3.8) is 0 Å². The molecule has 0 amide bonds. The molecule has 3 rings (SSSR count). The molecule has 4 nitrogen and oxygen atoms in total. The van der Waals surface area contributed by atoms with Gasteiger partial charge in [0.25, 0.3) is 0 Å². The Hall–Kier alpha value is -2.07. The summed E-state index contributed by atoms with van der Waals surface area (Å²) in [7, 11) is 0. The maximum Gasteiger partial charge on any atom is 0.177 e. The van der Waals surface area contributed by atoms with Crippen LogP contribution in [-0.2, 0) is 6.54 Å². The summed E-state index contributed by atoms with van der Waals surface area (Å²) in [6.07, 6.45) is 0. The van der Waals surface area contributed by atoms with Gasteiger partial charge in [-0.2, -0.15) is 0 Å². The number of hydrogen-bond acceptors (Lipinski definition) is 3. The summed E-state index contributed by atoms with van der Waals surface area (Å²) in [4.78, 5) is 4.64. The van der Waals surface area contributed by atoms with Gasteiger partial charge >= 0.3 is 0 Å². The summed E-state index contributed by atoms with van der Waals surface area (Å²) in [6.45, 7) is 5.95. The molecule has 0 aliphatic heterocycles. The van der Waals surface area contributed by atoms with Gasteiger partial charge in [-0.1, -0.05) is 12.1 Å². The Morgan fingerprint density at radius 3 is 2.60 bits per heavy atom. The average molecular weight is 270 g/mol. The number of para-hydroxylation sites is 2. The first kappa shape index (κ1) is 12.9. The SMILES string of the molecule is Cc1ccc(-c2nc3ccccc3n2CC(C)(C)O)o1. The Kier molecular flexibility index (Phi) is 2.91. The molecule has 0 radical (unpaired) electrons. The zero-order chi connectivity index (χ0) is 14.3. The highest BCUT2D eigenvalue weighted by Crippen LogP contribution is 2.27. The van der Waals surface area contributed by atoms with E-state index in [1.165, 1.54) is 0 Å². The molecule has 0 aliphatic carbocycles. The van der Waals surface area contributed by atoms with E-state index in [4.69, 9.17) is 4.42 Å². The van der Waals surface area contributed by atoms with Crippen LogP contribution in [0.15, 0.2) is 40.8 Å². The maximum absolute atomic E-state index is 10.1. The second kappa shape index (κ2) is 4.49. The summed E-state index contributed by atoms with van der Waals surface area (Å²) in [5.74, 6) is 2.33. The van der Waals surface area contributed by atoms with Gasteiger partial charge in [0.1, 0.15) is 5.76 Å². The van der Waals surface area contributed by atoms with Gasteiger partial charge in [0.05, 0.1) is 23.2 Å². The van der Waals surface area contributed by atoms with Crippen molar-refractivity contribution in [3.8, 4) is 11.6 Å². The third kappa shape index (κ3) is 2.34. The monoisotopic (exact) mass is 270 g/mol. The van der Waals surface area contributed by atoms with Crippen LogP contribution in [0.3, 0.4) is 0 Å². The fourth-order valence-corrected chi connectivity index (χ4v) is 2.37. The number of rotatable bonds is 3. The van der Waals surface area contributed by atoms with E-state index in [1.807, 2.05) is 47.9 Å². The first-order valence-electron chi connectivity index (χ1n) is 6.68. The Balaban J connectivity index is 2.22. The van der Waals surface area contributed by atoms with Crippen LogP contribution in [0.5, 0.6) is 0 Å². The van der Waals surface area contributed by atoms with Crippen molar-refractivity contribution in [1.82, 2.24) is 9.55 Å². The number of benzene rings is 1. The number of furan rings is 1. The molecule has 0 aliphatic rings. The lowest BCUT2D eigenvalue weighted by Gasteiger charge is -2.19. The lowest BCUT2D eigenvalue weighted by atomic mass is 10.1. The summed E-state index contributed by atoms with van der Waals surface area (Å²) < 4.78 is 7.70.